The maximum Gasteiger partial charge on any atom is 0.319 e. The summed E-state index contributed by atoms with van der Waals surface area (Å²) < 4.78 is 0. The first-order valence-electron chi connectivity index (χ1n) is 8.99. The summed E-state index contributed by atoms with van der Waals surface area (Å²) in [7, 11) is 1.72. The average Bonchev–Trinajstić information content (AvgIpc) is 2.73. The predicted octanol–water partition coefficient (Wildman–Crippen LogP) is 3.11. The molecule has 4 rings (SSSR count). The highest BCUT2D eigenvalue weighted by Gasteiger charge is 2.31. The second-order valence-electron chi connectivity index (χ2n) is 6.86. The number of fused-ring (bicyclic) bond motifs is 3. The van der Waals surface area contributed by atoms with E-state index >= 15 is 0 Å². The molecule has 29 heavy (non-hydrogen) atoms. The van der Waals surface area contributed by atoms with Crippen LogP contribution in [0.4, 0.5) is 5.69 Å². The van der Waals surface area contributed by atoms with E-state index in [1.165, 1.54) is 12.3 Å². The summed E-state index contributed by atoms with van der Waals surface area (Å²) in [6.07, 6.45) is 2.58. The third-order valence-corrected chi connectivity index (χ3v) is 4.85. The number of hydrogen-bond donors (Lipinski definition) is 1. The van der Waals surface area contributed by atoms with Gasteiger partial charge in [-0.05, 0) is 17.7 Å². The third kappa shape index (κ3) is 3.38. The molecular weight excluding hydrogens is 370 g/mol. The zero-order chi connectivity index (χ0) is 20.5. The topological polar surface area (TPSA) is 99.9 Å². The van der Waals surface area contributed by atoms with Gasteiger partial charge < -0.3 is 10.0 Å². The first kappa shape index (κ1) is 18.5. The van der Waals surface area contributed by atoms with E-state index in [4.69, 9.17) is 5.11 Å². The van der Waals surface area contributed by atoms with Crippen molar-refractivity contribution in [1.82, 2.24) is 9.88 Å². The fourth-order valence-corrected chi connectivity index (χ4v) is 3.34. The number of carboxylic acid groups (broad SMARTS) is 1. The fourth-order valence-electron chi connectivity index (χ4n) is 3.34. The number of aromatic nitrogens is 1. The number of carbonyl (C=O) groups is 3. The highest BCUT2D eigenvalue weighted by molar-refractivity contribution is 6.24. The lowest BCUT2D eigenvalue weighted by molar-refractivity contribution is -0.137. The van der Waals surface area contributed by atoms with Crippen molar-refractivity contribution in [1.29, 1.82) is 0 Å². The van der Waals surface area contributed by atoms with Gasteiger partial charge in [0.25, 0.3) is 5.91 Å². The Kier molecular flexibility index (Phi) is 4.64. The normalized spacial score (nSPS) is 15.2. The first-order chi connectivity index (χ1) is 14.0. The molecule has 1 aromatic heterocycles. The number of amides is 1. The van der Waals surface area contributed by atoms with Crippen LogP contribution in [0.2, 0.25) is 0 Å². The van der Waals surface area contributed by atoms with Gasteiger partial charge in [0.1, 0.15) is 0 Å². The van der Waals surface area contributed by atoms with Crippen LogP contribution in [0.5, 0.6) is 0 Å². The number of hydrogen-bond acceptors (Lipinski definition) is 5. The Bertz CT molecular complexity index is 1170. The summed E-state index contributed by atoms with van der Waals surface area (Å²) in [6, 6.07) is 14.6. The van der Waals surface area contributed by atoms with Crippen LogP contribution in [0.15, 0.2) is 59.7 Å². The molecule has 2 heterocycles. The lowest BCUT2D eigenvalue weighted by Crippen LogP contribution is -2.27. The molecule has 0 fully saturated rings. The first-order valence-corrected chi connectivity index (χ1v) is 8.99. The van der Waals surface area contributed by atoms with Crippen LogP contribution in [0, 0.1) is 5.92 Å². The van der Waals surface area contributed by atoms with E-state index in [1.807, 2.05) is 30.3 Å². The average molecular weight is 387 g/mol. The molecule has 1 N–H and O–H groups in total. The molecule has 1 aliphatic heterocycles. The fraction of sp³-hybridized carbons (Fsp3) is 0.136. The Balaban J connectivity index is 1.65. The lowest BCUT2D eigenvalue weighted by atomic mass is 9.93. The van der Waals surface area contributed by atoms with E-state index in [1.54, 1.807) is 24.1 Å². The van der Waals surface area contributed by atoms with Gasteiger partial charge in [0.15, 0.2) is 11.7 Å². The van der Waals surface area contributed by atoms with Crippen LogP contribution in [0.3, 0.4) is 0 Å². The minimum atomic E-state index is -1.28. The van der Waals surface area contributed by atoms with Crippen molar-refractivity contribution in [2.45, 2.75) is 6.54 Å². The van der Waals surface area contributed by atoms with Gasteiger partial charge in [-0.3, -0.25) is 24.4 Å². The Hall–Kier alpha value is -3.87. The molecule has 0 bridgehead atoms. The van der Waals surface area contributed by atoms with Crippen molar-refractivity contribution in [2.75, 3.05) is 7.05 Å². The Morgan fingerprint density at radius 1 is 1.14 bits per heavy atom. The highest BCUT2D eigenvalue weighted by Crippen LogP contribution is 2.33. The number of ketones is 1. The van der Waals surface area contributed by atoms with Gasteiger partial charge >= 0.3 is 5.97 Å². The molecule has 7 heteroatoms. The Morgan fingerprint density at radius 3 is 2.62 bits per heavy atom. The molecular formula is C22H17N3O4. The summed E-state index contributed by atoms with van der Waals surface area (Å²) in [6.45, 7) is 0.470. The molecule has 144 valence electrons. The molecule has 0 spiro atoms. The van der Waals surface area contributed by atoms with E-state index in [9.17, 15) is 14.4 Å². The van der Waals surface area contributed by atoms with Gasteiger partial charge in [0, 0.05) is 37.0 Å². The molecule has 0 radical (unpaired) electrons. The lowest BCUT2D eigenvalue weighted by Gasteiger charge is -2.18. The van der Waals surface area contributed by atoms with Gasteiger partial charge in [0.05, 0.1) is 16.8 Å². The third-order valence-electron chi connectivity index (χ3n) is 4.85. The number of Topliss-reactive ketones (excluding diaryl/α,β-unsaturated/α-hetero) is 1. The summed E-state index contributed by atoms with van der Waals surface area (Å²) in [4.78, 5) is 46.5. The van der Waals surface area contributed by atoms with Gasteiger partial charge in [0.2, 0.25) is 0 Å². The van der Waals surface area contributed by atoms with E-state index in [2.05, 4.69) is 9.98 Å². The van der Waals surface area contributed by atoms with Crippen LogP contribution >= 0.6 is 0 Å². The minimum Gasteiger partial charge on any atom is -0.480 e. The van der Waals surface area contributed by atoms with Crippen LogP contribution in [0.25, 0.3) is 10.9 Å². The molecule has 1 aliphatic rings. The number of nitrogens with zero attached hydrogens (tertiary/aromatic N) is 3. The second-order valence-corrected chi connectivity index (χ2v) is 6.86. The standard InChI is InChI=1S/C22H17N3O4/c1-25(12-13-5-3-2-4-6-13)21(27)15-9-14-7-8-16-19(18(14)23-10-15)24-11-17(20(16)26)22(28)29/h2-11,17H,12H2,1H3,(H,28,29). The number of aliphatic imine (C=N–C) groups is 1. The van der Waals surface area contributed by atoms with E-state index in [-0.39, 0.29) is 11.5 Å². The summed E-state index contributed by atoms with van der Waals surface area (Å²) in [5.41, 5.74) is 2.46. The van der Waals surface area contributed by atoms with Gasteiger partial charge in [-0.2, -0.15) is 0 Å². The van der Waals surface area contributed by atoms with Crippen molar-refractivity contribution < 1.29 is 19.5 Å². The largest absolute Gasteiger partial charge is 0.480 e. The number of carboxylic acids is 1. The van der Waals surface area contributed by atoms with Crippen molar-refractivity contribution in [3.05, 3.63) is 71.4 Å². The maximum absolute atomic E-state index is 12.8. The summed E-state index contributed by atoms with van der Waals surface area (Å²) in [5, 5.41) is 9.79. The number of benzene rings is 2. The molecule has 7 nitrogen and oxygen atoms in total. The Morgan fingerprint density at radius 2 is 1.90 bits per heavy atom. The summed E-state index contributed by atoms with van der Waals surface area (Å²) >= 11 is 0. The Labute approximate surface area is 166 Å². The van der Waals surface area contributed by atoms with Crippen molar-refractivity contribution in [3.8, 4) is 0 Å². The van der Waals surface area contributed by atoms with E-state index in [0.29, 0.717) is 28.7 Å². The van der Waals surface area contributed by atoms with Crippen LogP contribution in [-0.2, 0) is 11.3 Å². The van der Waals surface area contributed by atoms with Crippen molar-refractivity contribution in [2.24, 2.45) is 10.9 Å². The predicted molar refractivity (Wildman–Crippen MR) is 108 cm³/mol. The molecule has 2 aromatic carbocycles. The zero-order valence-electron chi connectivity index (χ0n) is 15.6. The van der Waals surface area contributed by atoms with E-state index in [0.717, 1.165) is 11.8 Å². The SMILES string of the molecule is CN(Cc1ccccc1)C(=O)c1cnc2c3c(ccc2c1)C(=O)C(C(=O)O)C=N3. The van der Waals surface area contributed by atoms with Gasteiger partial charge in [-0.15, -0.1) is 0 Å². The molecule has 0 saturated heterocycles. The van der Waals surface area contributed by atoms with Crippen molar-refractivity contribution in [3.63, 3.8) is 0 Å². The molecule has 1 atom stereocenters. The van der Waals surface area contributed by atoms with Gasteiger partial charge in [-0.1, -0.05) is 36.4 Å². The summed E-state index contributed by atoms with van der Waals surface area (Å²) in [5.74, 6) is -3.22. The van der Waals surface area contributed by atoms with Crippen LogP contribution < -0.4 is 0 Å². The smallest absolute Gasteiger partial charge is 0.319 e. The van der Waals surface area contributed by atoms with Gasteiger partial charge in [-0.25, -0.2) is 0 Å². The molecule has 1 amide bonds. The number of aliphatic carboxylic acids is 1. The maximum atomic E-state index is 12.8. The molecule has 0 aliphatic carbocycles. The van der Waals surface area contributed by atoms with Crippen LogP contribution in [0.1, 0.15) is 26.3 Å². The second kappa shape index (κ2) is 7.27. The van der Waals surface area contributed by atoms with E-state index < -0.39 is 17.7 Å². The monoisotopic (exact) mass is 387 g/mol. The molecule has 0 saturated carbocycles. The molecule has 1 unspecified atom stereocenters. The zero-order valence-corrected chi connectivity index (χ0v) is 15.6. The highest BCUT2D eigenvalue weighted by atomic mass is 16.4. The molecule has 3 aromatic rings. The number of rotatable bonds is 4. The quantitative estimate of drug-likeness (QED) is 0.694. The number of pyridine rings is 1. The minimum absolute atomic E-state index is 0.175. The number of carbonyl (C=O) groups excluding carboxylic acids is 2. The van der Waals surface area contributed by atoms with Crippen LogP contribution in [-0.4, -0.2) is 45.9 Å². The van der Waals surface area contributed by atoms with Crippen molar-refractivity contribution >= 4 is 40.5 Å².